The van der Waals surface area contributed by atoms with E-state index in [9.17, 15) is 9.90 Å². The lowest BCUT2D eigenvalue weighted by atomic mass is 10.1. The van der Waals surface area contributed by atoms with Gasteiger partial charge < -0.3 is 15.7 Å². The Morgan fingerprint density at radius 3 is 2.67 bits per heavy atom. The Morgan fingerprint density at radius 1 is 1.24 bits per heavy atom. The molecule has 174 valence electrons. The van der Waals surface area contributed by atoms with Crippen molar-refractivity contribution in [1.29, 1.82) is 0 Å². The van der Waals surface area contributed by atoms with Crippen molar-refractivity contribution in [3.63, 3.8) is 0 Å². The van der Waals surface area contributed by atoms with Gasteiger partial charge in [0.05, 0.1) is 22.9 Å². The maximum Gasteiger partial charge on any atom is 0.333 e. The van der Waals surface area contributed by atoms with Gasteiger partial charge in [-0.2, -0.15) is 5.10 Å². The number of hydrogen-bond donors (Lipinski definition) is 3. The standard InChI is InChI=1S/C23H30N8O2/c1-16-13-26-22(29-28-16)27-15-18(11-12-32)14-25-21(24-3)10-9-17(2)31-20-8-6-5-7-19(20)30(4)23(31)33/h5-10,13,18,25,32H,3,11-12,14-15H2,1-2,4H3,(H,26,27,29)/b17-9+,21-10+/t18-/m1/s1. The number of allylic oxidation sites excluding steroid dienone is 3. The molecule has 0 spiro atoms. The van der Waals surface area contributed by atoms with E-state index in [0.29, 0.717) is 31.3 Å². The summed E-state index contributed by atoms with van der Waals surface area (Å²) in [5.74, 6) is 1.11. The lowest BCUT2D eigenvalue weighted by molar-refractivity contribution is 0.259. The second-order valence-corrected chi connectivity index (χ2v) is 7.75. The number of aromatic nitrogens is 5. The Balaban J connectivity index is 1.69. The zero-order chi connectivity index (χ0) is 23.8. The molecule has 0 saturated carbocycles. The molecule has 0 saturated heterocycles. The third kappa shape index (κ3) is 5.92. The molecule has 0 aliphatic carbocycles. The fourth-order valence-electron chi connectivity index (χ4n) is 3.43. The maximum atomic E-state index is 12.7. The highest BCUT2D eigenvalue weighted by atomic mass is 16.3. The summed E-state index contributed by atoms with van der Waals surface area (Å²) in [6.45, 7) is 8.50. The number of fused-ring (bicyclic) bond motifs is 1. The van der Waals surface area contributed by atoms with Crippen LogP contribution in [0.5, 0.6) is 0 Å². The van der Waals surface area contributed by atoms with E-state index in [2.05, 4.69) is 37.5 Å². The number of aliphatic hydroxyl groups excluding tert-OH is 1. The van der Waals surface area contributed by atoms with Gasteiger partial charge >= 0.3 is 5.69 Å². The van der Waals surface area contributed by atoms with Crippen molar-refractivity contribution in [2.45, 2.75) is 20.3 Å². The number of imidazole rings is 1. The van der Waals surface area contributed by atoms with Gasteiger partial charge in [-0.25, -0.2) is 14.8 Å². The third-order valence-electron chi connectivity index (χ3n) is 5.30. The minimum Gasteiger partial charge on any atom is -0.396 e. The van der Waals surface area contributed by atoms with Crippen molar-refractivity contribution in [3.8, 4) is 0 Å². The molecule has 0 aliphatic rings. The highest BCUT2D eigenvalue weighted by Gasteiger charge is 2.12. The summed E-state index contributed by atoms with van der Waals surface area (Å²) in [5.41, 5.74) is 3.11. The smallest absolute Gasteiger partial charge is 0.333 e. The lowest BCUT2D eigenvalue weighted by Gasteiger charge is -2.18. The number of para-hydroxylation sites is 2. The normalized spacial score (nSPS) is 13.2. The first kappa shape index (κ1) is 23.9. The van der Waals surface area contributed by atoms with Crippen LogP contribution in [0.4, 0.5) is 5.95 Å². The molecule has 0 fully saturated rings. The molecule has 2 heterocycles. The minimum absolute atomic E-state index is 0.0601. The van der Waals surface area contributed by atoms with Gasteiger partial charge in [-0.1, -0.05) is 12.1 Å². The molecule has 1 atom stereocenters. The fraction of sp³-hybridized carbons (Fsp3) is 0.348. The van der Waals surface area contributed by atoms with E-state index in [4.69, 9.17) is 0 Å². The predicted octanol–water partition coefficient (Wildman–Crippen LogP) is 1.94. The van der Waals surface area contributed by atoms with E-state index < -0.39 is 0 Å². The number of aliphatic imine (C=N–C) groups is 1. The third-order valence-corrected chi connectivity index (χ3v) is 5.30. The van der Waals surface area contributed by atoms with Crippen molar-refractivity contribution in [2.24, 2.45) is 18.0 Å². The number of aliphatic hydroxyl groups is 1. The molecule has 1 aromatic carbocycles. The maximum absolute atomic E-state index is 12.7. The number of nitrogens with one attached hydrogen (secondary N) is 2. The quantitative estimate of drug-likeness (QED) is 0.301. The van der Waals surface area contributed by atoms with Gasteiger partial charge in [-0.05, 0) is 57.2 Å². The van der Waals surface area contributed by atoms with Gasteiger partial charge in [-0.15, -0.1) is 5.10 Å². The van der Waals surface area contributed by atoms with E-state index in [1.807, 2.05) is 44.2 Å². The van der Waals surface area contributed by atoms with Gasteiger partial charge in [0.15, 0.2) is 0 Å². The monoisotopic (exact) mass is 450 g/mol. The fourth-order valence-corrected chi connectivity index (χ4v) is 3.43. The van der Waals surface area contributed by atoms with Crippen molar-refractivity contribution in [3.05, 3.63) is 64.6 Å². The first-order chi connectivity index (χ1) is 15.9. The first-order valence-electron chi connectivity index (χ1n) is 10.7. The van der Waals surface area contributed by atoms with Crippen LogP contribution in [0.2, 0.25) is 0 Å². The summed E-state index contributed by atoms with van der Waals surface area (Å²) < 4.78 is 3.29. The van der Waals surface area contributed by atoms with Gasteiger partial charge in [0.1, 0.15) is 5.82 Å². The zero-order valence-electron chi connectivity index (χ0n) is 19.2. The van der Waals surface area contributed by atoms with Gasteiger partial charge in [0.25, 0.3) is 0 Å². The molecular formula is C23H30N8O2. The summed E-state index contributed by atoms with van der Waals surface area (Å²) >= 11 is 0. The lowest BCUT2D eigenvalue weighted by Crippen LogP contribution is -2.28. The largest absolute Gasteiger partial charge is 0.396 e. The summed E-state index contributed by atoms with van der Waals surface area (Å²) in [7, 11) is 1.76. The molecule has 2 aromatic heterocycles. The Morgan fingerprint density at radius 2 is 2.00 bits per heavy atom. The zero-order valence-corrected chi connectivity index (χ0v) is 19.2. The molecule has 0 bridgehead atoms. The molecule has 0 amide bonds. The number of benzene rings is 1. The van der Waals surface area contributed by atoms with Crippen molar-refractivity contribution in [1.82, 2.24) is 29.6 Å². The average Bonchev–Trinajstić information content (AvgIpc) is 3.08. The van der Waals surface area contributed by atoms with Crippen molar-refractivity contribution < 1.29 is 5.11 Å². The average molecular weight is 451 g/mol. The molecule has 3 rings (SSSR count). The number of rotatable bonds is 11. The van der Waals surface area contributed by atoms with Crippen LogP contribution < -0.4 is 16.3 Å². The van der Waals surface area contributed by atoms with E-state index >= 15 is 0 Å². The van der Waals surface area contributed by atoms with Crippen LogP contribution in [0, 0.1) is 12.8 Å². The Labute approximate surface area is 192 Å². The van der Waals surface area contributed by atoms with Gasteiger partial charge in [-0.3, -0.25) is 9.13 Å². The molecule has 0 aliphatic heterocycles. The molecule has 0 radical (unpaired) electrons. The predicted molar refractivity (Wildman–Crippen MR) is 131 cm³/mol. The van der Waals surface area contributed by atoms with Crippen LogP contribution in [0.15, 0.2) is 58.2 Å². The molecular weight excluding hydrogens is 420 g/mol. The summed E-state index contributed by atoms with van der Waals surface area (Å²) in [6, 6.07) is 7.66. The van der Waals surface area contributed by atoms with Crippen LogP contribution in [-0.4, -0.2) is 55.8 Å². The van der Waals surface area contributed by atoms with E-state index in [0.717, 1.165) is 22.4 Å². The van der Waals surface area contributed by atoms with Crippen LogP contribution in [0.25, 0.3) is 16.7 Å². The molecule has 10 heteroatoms. The SMILES string of the molecule is C=N/C(=C\C=C(/C)n1c(=O)n(C)c2ccccc21)NC[C@@H](CCO)CNc1ncc(C)nn1. The molecule has 33 heavy (non-hydrogen) atoms. The molecule has 3 N–H and O–H groups in total. The summed E-state index contributed by atoms with van der Waals surface area (Å²) in [6.07, 6.45) is 5.85. The van der Waals surface area contributed by atoms with Crippen molar-refractivity contribution in [2.75, 3.05) is 25.0 Å². The van der Waals surface area contributed by atoms with E-state index in [-0.39, 0.29) is 18.2 Å². The van der Waals surface area contributed by atoms with Gasteiger partial charge in [0, 0.05) is 32.4 Å². The number of nitrogens with zero attached hydrogens (tertiary/aromatic N) is 6. The topological polar surface area (TPSA) is 122 Å². The van der Waals surface area contributed by atoms with Gasteiger partial charge in [0.2, 0.25) is 5.95 Å². The second kappa shape index (κ2) is 11.2. The Kier molecular flexibility index (Phi) is 8.09. The molecule has 0 unspecified atom stereocenters. The van der Waals surface area contributed by atoms with E-state index in [1.165, 1.54) is 0 Å². The van der Waals surface area contributed by atoms with E-state index in [1.54, 1.807) is 28.5 Å². The first-order valence-corrected chi connectivity index (χ1v) is 10.7. The Bertz CT molecular complexity index is 1210. The van der Waals surface area contributed by atoms with Crippen LogP contribution in [-0.2, 0) is 7.05 Å². The summed E-state index contributed by atoms with van der Waals surface area (Å²) in [5, 5.41) is 23.8. The Hall–Kier alpha value is -3.79. The highest BCUT2D eigenvalue weighted by Crippen LogP contribution is 2.16. The van der Waals surface area contributed by atoms with Crippen LogP contribution >= 0.6 is 0 Å². The highest BCUT2D eigenvalue weighted by molar-refractivity contribution is 5.79. The summed E-state index contributed by atoms with van der Waals surface area (Å²) in [4.78, 5) is 20.9. The number of aryl methyl sites for hydroxylation is 2. The van der Waals surface area contributed by atoms with Crippen LogP contribution in [0.1, 0.15) is 19.0 Å². The molecule has 3 aromatic rings. The number of hydrogen-bond acceptors (Lipinski definition) is 8. The number of anilines is 1. The molecule has 10 nitrogen and oxygen atoms in total. The van der Waals surface area contributed by atoms with Crippen LogP contribution in [0.3, 0.4) is 0 Å². The minimum atomic E-state index is -0.110. The van der Waals surface area contributed by atoms with Crippen molar-refractivity contribution >= 4 is 29.4 Å². The second-order valence-electron chi connectivity index (χ2n) is 7.75.